The summed E-state index contributed by atoms with van der Waals surface area (Å²) in [6, 6.07) is 3.02. The van der Waals surface area contributed by atoms with Crippen LogP contribution >= 0.6 is 0 Å². The van der Waals surface area contributed by atoms with Crippen molar-refractivity contribution in [2.45, 2.75) is 0 Å². The second-order valence-corrected chi connectivity index (χ2v) is 3.20. The predicted octanol–water partition coefficient (Wildman–Crippen LogP) is 0.891. The van der Waals surface area contributed by atoms with E-state index in [1.165, 1.54) is 33.5 Å². The Morgan fingerprint density at radius 3 is 2.11 bits per heavy atom. The average Bonchev–Trinajstić information content (AvgIpc) is 2.42. The van der Waals surface area contributed by atoms with Crippen molar-refractivity contribution in [2.24, 2.45) is 0 Å². The minimum Gasteiger partial charge on any atom is -0.493 e. The Morgan fingerprint density at radius 2 is 1.72 bits per heavy atom. The summed E-state index contributed by atoms with van der Waals surface area (Å²) in [6.45, 7) is -0.365. The molecule has 1 aromatic rings. The Kier molecular flexibility index (Phi) is 5.03. The lowest BCUT2D eigenvalue weighted by Crippen LogP contribution is -2.01. The van der Waals surface area contributed by atoms with E-state index in [0.717, 1.165) is 0 Å². The van der Waals surface area contributed by atoms with Gasteiger partial charge in [-0.1, -0.05) is 5.92 Å². The van der Waals surface area contributed by atoms with Crippen LogP contribution in [0, 0.1) is 11.8 Å². The minimum absolute atomic E-state index is 0.311. The Hall–Kier alpha value is -2.19. The highest BCUT2D eigenvalue weighted by atomic mass is 16.5. The molecule has 0 radical (unpaired) electrons. The molecular weight excluding hydrogens is 236 g/mol. The number of ether oxygens (including phenoxy) is 3. The van der Waals surface area contributed by atoms with E-state index in [1.807, 2.05) is 0 Å². The van der Waals surface area contributed by atoms with E-state index < -0.39 is 5.78 Å². The number of hydrogen-bond donors (Lipinski definition) is 1. The normalized spacial score (nSPS) is 9.11. The van der Waals surface area contributed by atoms with Crippen LogP contribution in [0.25, 0.3) is 0 Å². The lowest BCUT2D eigenvalue weighted by atomic mass is 10.1. The number of benzene rings is 1. The zero-order valence-corrected chi connectivity index (χ0v) is 10.4. The molecule has 96 valence electrons. The van der Waals surface area contributed by atoms with Gasteiger partial charge in [0.1, 0.15) is 6.61 Å². The number of rotatable bonds is 4. The highest BCUT2D eigenvalue weighted by molar-refractivity contribution is 6.09. The molecule has 18 heavy (non-hydrogen) atoms. The van der Waals surface area contributed by atoms with Crippen molar-refractivity contribution in [3.05, 3.63) is 17.7 Å². The fraction of sp³-hybridized carbons (Fsp3) is 0.308. The van der Waals surface area contributed by atoms with Gasteiger partial charge in [0.25, 0.3) is 0 Å². The number of hydrogen-bond acceptors (Lipinski definition) is 5. The highest BCUT2D eigenvalue weighted by Crippen LogP contribution is 2.38. The summed E-state index contributed by atoms with van der Waals surface area (Å²) in [5.41, 5.74) is 0.311. The van der Waals surface area contributed by atoms with Gasteiger partial charge in [0.05, 0.1) is 21.3 Å². The van der Waals surface area contributed by atoms with Crippen molar-refractivity contribution in [3.8, 4) is 29.1 Å². The quantitative estimate of drug-likeness (QED) is 0.488. The number of ketones is 1. The third-order valence-electron chi connectivity index (χ3n) is 2.21. The second-order valence-electron chi connectivity index (χ2n) is 3.20. The smallest absolute Gasteiger partial charge is 0.236 e. The monoisotopic (exact) mass is 250 g/mol. The SMILES string of the molecule is COc1cc(C(=O)C#CCO)cc(OC)c1OC. The lowest BCUT2D eigenvalue weighted by molar-refractivity contribution is 0.105. The second kappa shape index (κ2) is 6.52. The number of Topliss-reactive ketones (excluding diaryl/α,β-unsaturated/α-hetero) is 1. The summed E-state index contributed by atoms with van der Waals surface area (Å²) in [6.07, 6.45) is 0. The zero-order chi connectivity index (χ0) is 13.5. The molecule has 1 aromatic carbocycles. The molecule has 0 aliphatic heterocycles. The van der Waals surface area contributed by atoms with Crippen molar-refractivity contribution < 1.29 is 24.1 Å². The number of carbonyl (C=O) groups excluding carboxylic acids is 1. The molecule has 0 fully saturated rings. The summed E-state index contributed by atoms with van der Waals surface area (Å²) in [4.78, 5) is 11.7. The van der Waals surface area contributed by atoms with Gasteiger partial charge in [0.15, 0.2) is 11.5 Å². The number of aliphatic hydroxyl groups is 1. The minimum atomic E-state index is -0.427. The maximum absolute atomic E-state index is 11.7. The third-order valence-corrected chi connectivity index (χ3v) is 2.21. The molecule has 0 spiro atoms. The fourth-order valence-electron chi connectivity index (χ4n) is 1.40. The van der Waals surface area contributed by atoms with Crippen LogP contribution in [0.5, 0.6) is 17.2 Å². The molecule has 1 rings (SSSR count). The van der Waals surface area contributed by atoms with E-state index in [4.69, 9.17) is 19.3 Å². The summed E-state index contributed by atoms with van der Waals surface area (Å²) < 4.78 is 15.4. The largest absolute Gasteiger partial charge is 0.493 e. The third kappa shape index (κ3) is 2.93. The summed E-state index contributed by atoms with van der Waals surface area (Å²) >= 11 is 0. The standard InChI is InChI=1S/C13H14O5/c1-16-11-7-9(10(15)5-4-6-14)8-12(17-2)13(11)18-3/h7-8,14H,6H2,1-3H3. The molecule has 0 amide bonds. The van der Waals surface area contributed by atoms with Gasteiger partial charge in [-0.05, 0) is 18.1 Å². The first-order valence-electron chi connectivity index (χ1n) is 5.12. The van der Waals surface area contributed by atoms with E-state index in [-0.39, 0.29) is 6.61 Å². The summed E-state index contributed by atoms with van der Waals surface area (Å²) in [5.74, 6) is 5.33. The average molecular weight is 250 g/mol. The summed E-state index contributed by atoms with van der Waals surface area (Å²) in [7, 11) is 4.41. The first kappa shape index (κ1) is 13.9. The van der Waals surface area contributed by atoms with Crippen molar-refractivity contribution in [1.82, 2.24) is 0 Å². The van der Waals surface area contributed by atoms with Crippen LogP contribution in [0.15, 0.2) is 12.1 Å². The van der Waals surface area contributed by atoms with Crippen molar-refractivity contribution in [1.29, 1.82) is 0 Å². The first-order valence-corrected chi connectivity index (χ1v) is 5.12. The van der Waals surface area contributed by atoms with Gasteiger partial charge < -0.3 is 19.3 Å². The van der Waals surface area contributed by atoms with Gasteiger partial charge in [-0.25, -0.2) is 0 Å². The van der Waals surface area contributed by atoms with Crippen LogP contribution in [0.4, 0.5) is 0 Å². The molecule has 5 nitrogen and oxygen atoms in total. The summed E-state index contributed by atoms with van der Waals surface area (Å²) in [5, 5.41) is 8.55. The molecule has 0 saturated heterocycles. The zero-order valence-electron chi connectivity index (χ0n) is 10.4. The predicted molar refractivity (Wildman–Crippen MR) is 65.3 cm³/mol. The van der Waals surface area contributed by atoms with Gasteiger partial charge in [-0.2, -0.15) is 0 Å². The molecule has 0 unspecified atom stereocenters. The molecule has 0 bridgehead atoms. The van der Waals surface area contributed by atoms with E-state index in [9.17, 15) is 4.79 Å². The molecule has 0 heterocycles. The molecule has 1 N–H and O–H groups in total. The Labute approximate surface area is 105 Å². The molecular formula is C13H14O5. The highest BCUT2D eigenvalue weighted by Gasteiger charge is 2.15. The number of methoxy groups -OCH3 is 3. The fourth-order valence-corrected chi connectivity index (χ4v) is 1.40. The molecule has 0 aliphatic rings. The Balaban J connectivity index is 3.27. The molecule has 5 heteroatoms. The van der Waals surface area contributed by atoms with E-state index in [0.29, 0.717) is 22.8 Å². The van der Waals surface area contributed by atoms with Crippen LogP contribution < -0.4 is 14.2 Å². The maximum Gasteiger partial charge on any atom is 0.236 e. The number of carbonyl (C=O) groups is 1. The first-order chi connectivity index (χ1) is 8.67. The van der Waals surface area contributed by atoms with Crippen LogP contribution in [0.1, 0.15) is 10.4 Å². The molecule has 0 aliphatic carbocycles. The molecule has 0 saturated carbocycles. The maximum atomic E-state index is 11.7. The number of aliphatic hydroxyl groups excluding tert-OH is 1. The van der Waals surface area contributed by atoms with Gasteiger partial charge in [-0.3, -0.25) is 4.79 Å². The van der Waals surface area contributed by atoms with Gasteiger partial charge in [0.2, 0.25) is 11.5 Å². The van der Waals surface area contributed by atoms with Crippen LogP contribution in [0.3, 0.4) is 0 Å². The lowest BCUT2D eigenvalue weighted by Gasteiger charge is -2.12. The van der Waals surface area contributed by atoms with Crippen LogP contribution in [-0.2, 0) is 0 Å². The molecule has 0 atom stereocenters. The van der Waals surface area contributed by atoms with E-state index in [2.05, 4.69) is 11.8 Å². The van der Waals surface area contributed by atoms with Crippen molar-refractivity contribution in [2.75, 3.05) is 27.9 Å². The van der Waals surface area contributed by atoms with Crippen LogP contribution in [0.2, 0.25) is 0 Å². The van der Waals surface area contributed by atoms with Crippen LogP contribution in [-0.4, -0.2) is 38.8 Å². The van der Waals surface area contributed by atoms with Gasteiger partial charge in [0, 0.05) is 5.56 Å². The Morgan fingerprint density at radius 1 is 1.17 bits per heavy atom. The van der Waals surface area contributed by atoms with Crippen molar-refractivity contribution >= 4 is 5.78 Å². The van der Waals surface area contributed by atoms with E-state index in [1.54, 1.807) is 0 Å². The van der Waals surface area contributed by atoms with Gasteiger partial charge >= 0.3 is 0 Å². The Bertz CT molecular complexity index is 471. The van der Waals surface area contributed by atoms with E-state index >= 15 is 0 Å². The van der Waals surface area contributed by atoms with Gasteiger partial charge in [-0.15, -0.1) is 0 Å². The topological polar surface area (TPSA) is 65.0 Å². The molecule has 0 aromatic heterocycles. The van der Waals surface area contributed by atoms with Crippen molar-refractivity contribution in [3.63, 3.8) is 0 Å².